The van der Waals surface area contributed by atoms with Crippen molar-refractivity contribution in [2.75, 3.05) is 13.7 Å². The van der Waals surface area contributed by atoms with Crippen molar-refractivity contribution in [1.82, 2.24) is 9.97 Å². The molecule has 1 aromatic heterocycles. The molecule has 1 N–H and O–H groups in total. The molecule has 1 heterocycles. The van der Waals surface area contributed by atoms with Crippen LogP contribution in [0.25, 0.3) is 11.3 Å². The Bertz CT molecular complexity index is 578. The molecule has 0 aliphatic heterocycles. The fourth-order valence-corrected chi connectivity index (χ4v) is 1.78. The summed E-state index contributed by atoms with van der Waals surface area (Å²) in [4.78, 5) is 7.14. The third-order valence-corrected chi connectivity index (χ3v) is 2.61. The Kier molecular flexibility index (Phi) is 3.94. The first-order valence-corrected chi connectivity index (χ1v) is 6.02. The SMILES string of the molecule is CCOc1cc(-c2ccc(OC)cc2)[nH]c(=S)n1. The molecule has 2 aromatic rings. The standard InChI is InChI=1S/C13H14N2O2S/c1-3-17-12-8-11(14-13(18)15-12)9-4-6-10(16-2)7-5-9/h4-8H,3H2,1-2H3,(H,14,15,18). The largest absolute Gasteiger partial charge is 0.497 e. The molecule has 1 aromatic carbocycles. The van der Waals surface area contributed by atoms with Gasteiger partial charge in [0.15, 0.2) is 0 Å². The summed E-state index contributed by atoms with van der Waals surface area (Å²) in [5.41, 5.74) is 1.88. The van der Waals surface area contributed by atoms with Gasteiger partial charge in [-0.05, 0) is 49.0 Å². The zero-order valence-electron chi connectivity index (χ0n) is 10.3. The van der Waals surface area contributed by atoms with Gasteiger partial charge < -0.3 is 14.5 Å². The summed E-state index contributed by atoms with van der Waals surface area (Å²) < 4.78 is 10.9. The number of nitrogens with zero attached hydrogens (tertiary/aromatic N) is 1. The molecule has 18 heavy (non-hydrogen) atoms. The molecule has 0 saturated carbocycles. The molecule has 94 valence electrons. The van der Waals surface area contributed by atoms with Crippen LogP contribution in [-0.4, -0.2) is 23.7 Å². The lowest BCUT2D eigenvalue weighted by atomic mass is 10.1. The fourth-order valence-electron chi connectivity index (χ4n) is 1.58. The fraction of sp³-hybridized carbons (Fsp3) is 0.231. The van der Waals surface area contributed by atoms with Crippen LogP contribution in [0.2, 0.25) is 0 Å². The average Bonchev–Trinajstić information content (AvgIpc) is 2.38. The van der Waals surface area contributed by atoms with Gasteiger partial charge in [-0.3, -0.25) is 0 Å². The second-order valence-corrected chi connectivity index (χ2v) is 3.99. The van der Waals surface area contributed by atoms with Gasteiger partial charge in [0, 0.05) is 6.07 Å². The third-order valence-electron chi connectivity index (χ3n) is 2.41. The number of aromatic nitrogens is 2. The van der Waals surface area contributed by atoms with Crippen LogP contribution in [-0.2, 0) is 0 Å². The van der Waals surface area contributed by atoms with E-state index < -0.39 is 0 Å². The molecule has 0 unspecified atom stereocenters. The van der Waals surface area contributed by atoms with Crippen LogP contribution in [0.4, 0.5) is 0 Å². The van der Waals surface area contributed by atoms with Gasteiger partial charge >= 0.3 is 0 Å². The number of rotatable bonds is 4. The van der Waals surface area contributed by atoms with E-state index in [9.17, 15) is 0 Å². The molecule has 0 saturated heterocycles. The molecule has 0 fully saturated rings. The second kappa shape index (κ2) is 5.64. The maximum absolute atomic E-state index is 5.37. The second-order valence-electron chi connectivity index (χ2n) is 3.60. The molecule has 0 aliphatic carbocycles. The highest BCUT2D eigenvalue weighted by atomic mass is 32.1. The number of methoxy groups -OCH3 is 1. The summed E-state index contributed by atoms with van der Waals surface area (Å²) in [6.07, 6.45) is 0. The van der Waals surface area contributed by atoms with Crippen molar-refractivity contribution >= 4 is 12.2 Å². The molecule has 0 bridgehead atoms. The van der Waals surface area contributed by atoms with Crippen molar-refractivity contribution in [2.45, 2.75) is 6.92 Å². The van der Waals surface area contributed by atoms with E-state index in [-0.39, 0.29) is 0 Å². The predicted molar refractivity (Wildman–Crippen MR) is 72.6 cm³/mol. The minimum absolute atomic E-state index is 0.409. The van der Waals surface area contributed by atoms with Crippen LogP contribution in [0.1, 0.15) is 6.92 Å². The smallest absolute Gasteiger partial charge is 0.218 e. The van der Waals surface area contributed by atoms with Crippen LogP contribution in [0, 0.1) is 4.77 Å². The summed E-state index contributed by atoms with van der Waals surface area (Å²) >= 11 is 5.08. The van der Waals surface area contributed by atoms with Gasteiger partial charge in [-0.15, -0.1) is 0 Å². The lowest BCUT2D eigenvalue weighted by Crippen LogP contribution is -1.97. The average molecular weight is 262 g/mol. The van der Waals surface area contributed by atoms with Crippen molar-refractivity contribution in [3.8, 4) is 22.9 Å². The van der Waals surface area contributed by atoms with E-state index in [1.807, 2.05) is 37.3 Å². The van der Waals surface area contributed by atoms with Crippen molar-refractivity contribution in [1.29, 1.82) is 0 Å². The van der Waals surface area contributed by atoms with Gasteiger partial charge in [-0.1, -0.05) is 0 Å². The molecule has 0 amide bonds. The zero-order valence-corrected chi connectivity index (χ0v) is 11.1. The number of H-pyrrole nitrogens is 1. The summed E-state index contributed by atoms with van der Waals surface area (Å²) in [6.45, 7) is 2.47. The maximum Gasteiger partial charge on any atom is 0.218 e. The monoisotopic (exact) mass is 262 g/mol. The highest BCUT2D eigenvalue weighted by Crippen LogP contribution is 2.22. The van der Waals surface area contributed by atoms with Gasteiger partial charge in [0.25, 0.3) is 0 Å². The van der Waals surface area contributed by atoms with Crippen LogP contribution in [0.15, 0.2) is 30.3 Å². The van der Waals surface area contributed by atoms with E-state index in [1.165, 1.54) is 0 Å². The minimum atomic E-state index is 0.409. The molecular weight excluding hydrogens is 248 g/mol. The predicted octanol–water partition coefficient (Wildman–Crippen LogP) is 3.21. The lowest BCUT2D eigenvalue weighted by molar-refractivity contribution is 0.326. The van der Waals surface area contributed by atoms with Gasteiger partial charge in [0.1, 0.15) is 5.75 Å². The first-order chi connectivity index (χ1) is 8.72. The van der Waals surface area contributed by atoms with Gasteiger partial charge in [-0.25, -0.2) is 0 Å². The molecule has 5 heteroatoms. The summed E-state index contributed by atoms with van der Waals surface area (Å²) in [6, 6.07) is 9.53. The van der Waals surface area contributed by atoms with Gasteiger partial charge in [0.2, 0.25) is 10.7 Å². The Morgan fingerprint density at radius 1 is 1.28 bits per heavy atom. The van der Waals surface area contributed by atoms with Crippen LogP contribution < -0.4 is 9.47 Å². The van der Waals surface area contributed by atoms with Gasteiger partial charge in [-0.2, -0.15) is 4.98 Å². The molecule has 0 spiro atoms. The Balaban J connectivity index is 2.39. The minimum Gasteiger partial charge on any atom is -0.497 e. The number of hydrogen-bond acceptors (Lipinski definition) is 4. The van der Waals surface area contributed by atoms with E-state index >= 15 is 0 Å². The van der Waals surface area contributed by atoms with Crippen LogP contribution in [0.5, 0.6) is 11.6 Å². The number of aromatic amines is 1. The normalized spacial score (nSPS) is 10.1. The summed E-state index contributed by atoms with van der Waals surface area (Å²) in [5, 5.41) is 0. The zero-order chi connectivity index (χ0) is 13.0. The quantitative estimate of drug-likeness (QED) is 0.859. The van der Waals surface area contributed by atoms with E-state index in [0.29, 0.717) is 17.3 Å². The van der Waals surface area contributed by atoms with E-state index in [0.717, 1.165) is 17.0 Å². The molecule has 4 nitrogen and oxygen atoms in total. The topological polar surface area (TPSA) is 47.1 Å². The Morgan fingerprint density at radius 2 is 2.00 bits per heavy atom. The van der Waals surface area contributed by atoms with Crippen molar-refractivity contribution in [2.24, 2.45) is 0 Å². The Morgan fingerprint density at radius 3 is 2.61 bits per heavy atom. The van der Waals surface area contributed by atoms with E-state index in [4.69, 9.17) is 21.7 Å². The molecule has 2 rings (SSSR count). The number of nitrogens with one attached hydrogen (secondary N) is 1. The highest BCUT2D eigenvalue weighted by Gasteiger charge is 2.03. The van der Waals surface area contributed by atoms with E-state index in [2.05, 4.69) is 9.97 Å². The number of ether oxygens (including phenoxy) is 2. The van der Waals surface area contributed by atoms with Crippen molar-refractivity contribution in [3.05, 3.63) is 35.1 Å². The number of benzene rings is 1. The molecule has 0 aliphatic rings. The maximum atomic E-state index is 5.37. The first kappa shape index (κ1) is 12.6. The molecule has 0 atom stereocenters. The van der Waals surface area contributed by atoms with E-state index in [1.54, 1.807) is 7.11 Å². The molecular formula is C13H14N2O2S. The third kappa shape index (κ3) is 2.87. The Labute approximate surface area is 111 Å². The number of hydrogen-bond donors (Lipinski definition) is 1. The molecule has 0 radical (unpaired) electrons. The van der Waals surface area contributed by atoms with Gasteiger partial charge in [0.05, 0.1) is 19.4 Å². The van der Waals surface area contributed by atoms with Crippen molar-refractivity contribution in [3.63, 3.8) is 0 Å². The highest BCUT2D eigenvalue weighted by molar-refractivity contribution is 7.71. The van der Waals surface area contributed by atoms with Crippen LogP contribution in [0.3, 0.4) is 0 Å². The Hall–Kier alpha value is -1.88. The summed E-state index contributed by atoms with van der Waals surface area (Å²) in [5.74, 6) is 1.35. The summed E-state index contributed by atoms with van der Waals surface area (Å²) in [7, 11) is 1.64. The first-order valence-electron chi connectivity index (χ1n) is 5.61. The van der Waals surface area contributed by atoms with Crippen LogP contribution >= 0.6 is 12.2 Å². The lowest BCUT2D eigenvalue weighted by Gasteiger charge is -2.06. The van der Waals surface area contributed by atoms with Crippen molar-refractivity contribution < 1.29 is 9.47 Å².